The normalized spacial score (nSPS) is 12.9. The molecular formula is C14H18N2. The van der Waals surface area contributed by atoms with Gasteiger partial charge in [-0.25, -0.2) is 0 Å². The summed E-state index contributed by atoms with van der Waals surface area (Å²) in [6.45, 7) is 5.03. The summed E-state index contributed by atoms with van der Waals surface area (Å²) >= 11 is 0. The largest absolute Gasteiger partial charge is 0.330 e. The van der Waals surface area contributed by atoms with Gasteiger partial charge in [0.2, 0.25) is 0 Å². The maximum atomic E-state index is 5.59. The van der Waals surface area contributed by atoms with E-state index in [1.165, 1.54) is 16.5 Å². The molecular weight excluding hydrogens is 196 g/mol. The predicted octanol–water partition coefficient (Wildman–Crippen LogP) is 3.00. The van der Waals surface area contributed by atoms with Gasteiger partial charge in [0.1, 0.15) is 0 Å². The summed E-state index contributed by atoms with van der Waals surface area (Å²) in [4.78, 5) is 4.40. The maximum absolute atomic E-state index is 5.59. The van der Waals surface area contributed by atoms with Crippen molar-refractivity contribution in [3.8, 4) is 0 Å². The quantitative estimate of drug-likeness (QED) is 0.853. The van der Waals surface area contributed by atoms with E-state index in [0.29, 0.717) is 5.92 Å². The lowest BCUT2D eigenvalue weighted by atomic mass is 9.96. The van der Waals surface area contributed by atoms with Crippen molar-refractivity contribution >= 4 is 10.9 Å². The van der Waals surface area contributed by atoms with Crippen molar-refractivity contribution in [3.05, 3.63) is 41.6 Å². The van der Waals surface area contributed by atoms with Gasteiger partial charge in [-0.1, -0.05) is 13.0 Å². The zero-order chi connectivity index (χ0) is 11.5. The maximum Gasteiger partial charge on any atom is 0.0702 e. The zero-order valence-corrected chi connectivity index (χ0v) is 9.90. The monoisotopic (exact) mass is 214 g/mol. The Labute approximate surface area is 96.5 Å². The lowest BCUT2D eigenvalue weighted by Gasteiger charge is -2.11. The second-order valence-electron chi connectivity index (χ2n) is 4.44. The Bertz CT molecular complexity index is 491. The van der Waals surface area contributed by atoms with Crippen LogP contribution in [0.25, 0.3) is 10.9 Å². The first-order valence-corrected chi connectivity index (χ1v) is 5.77. The number of rotatable bonds is 3. The smallest absolute Gasteiger partial charge is 0.0702 e. The summed E-state index contributed by atoms with van der Waals surface area (Å²) in [5.41, 5.74) is 9.21. The molecule has 1 aromatic heterocycles. The number of benzene rings is 1. The van der Waals surface area contributed by atoms with Crippen LogP contribution in [0.4, 0.5) is 0 Å². The Kier molecular flexibility index (Phi) is 3.20. The number of hydrogen-bond donors (Lipinski definition) is 1. The standard InChI is InChI=1S/C14H18N2/c1-10-7-13-8-12(11(2)5-6-15)3-4-14(13)16-9-10/h3-4,7-9,11H,5-6,15H2,1-2H3. The van der Waals surface area contributed by atoms with Gasteiger partial charge < -0.3 is 5.73 Å². The molecule has 2 heteroatoms. The molecule has 0 fully saturated rings. The molecule has 0 saturated carbocycles. The molecule has 84 valence electrons. The minimum atomic E-state index is 0.523. The zero-order valence-electron chi connectivity index (χ0n) is 9.90. The average molecular weight is 214 g/mol. The van der Waals surface area contributed by atoms with Gasteiger partial charge in [-0.3, -0.25) is 4.98 Å². The molecule has 2 N–H and O–H groups in total. The van der Waals surface area contributed by atoms with Crippen molar-refractivity contribution in [2.24, 2.45) is 5.73 Å². The molecule has 0 saturated heterocycles. The molecule has 0 amide bonds. The molecule has 0 radical (unpaired) electrons. The van der Waals surface area contributed by atoms with Crippen LogP contribution in [0.1, 0.15) is 30.4 Å². The van der Waals surface area contributed by atoms with Crippen molar-refractivity contribution in [3.63, 3.8) is 0 Å². The molecule has 1 aromatic carbocycles. The lowest BCUT2D eigenvalue weighted by molar-refractivity contribution is 0.691. The van der Waals surface area contributed by atoms with E-state index in [1.54, 1.807) is 0 Å². The molecule has 16 heavy (non-hydrogen) atoms. The van der Waals surface area contributed by atoms with Gasteiger partial charge in [0.25, 0.3) is 0 Å². The van der Waals surface area contributed by atoms with Gasteiger partial charge in [-0.2, -0.15) is 0 Å². The van der Waals surface area contributed by atoms with E-state index in [4.69, 9.17) is 5.73 Å². The third-order valence-corrected chi connectivity index (χ3v) is 3.01. The van der Waals surface area contributed by atoms with Crippen LogP contribution in [0.3, 0.4) is 0 Å². The summed E-state index contributed by atoms with van der Waals surface area (Å²) in [6, 6.07) is 8.67. The highest BCUT2D eigenvalue weighted by Crippen LogP contribution is 2.22. The van der Waals surface area contributed by atoms with Crippen LogP contribution in [0, 0.1) is 6.92 Å². The highest BCUT2D eigenvalue weighted by Gasteiger charge is 2.05. The van der Waals surface area contributed by atoms with Crippen molar-refractivity contribution < 1.29 is 0 Å². The molecule has 2 aromatic rings. The van der Waals surface area contributed by atoms with Crippen LogP contribution in [0.5, 0.6) is 0 Å². The fourth-order valence-electron chi connectivity index (χ4n) is 1.98. The Morgan fingerprint density at radius 2 is 2.12 bits per heavy atom. The van der Waals surface area contributed by atoms with Gasteiger partial charge in [-0.15, -0.1) is 0 Å². The molecule has 0 aliphatic rings. The highest BCUT2D eigenvalue weighted by molar-refractivity contribution is 5.79. The summed E-state index contributed by atoms with van der Waals surface area (Å²) in [6.07, 6.45) is 2.94. The van der Waals surface area contributed by atoms with Crippen molar-refractivity contribution in [1.82, 2.24) is 4.98 Å². The van der Waals surface area contributed by atoms with Crippen LogP contribution in [-0.4, -0.2) is 11.5 Å². The lowest BCUT2D eigenvalue weighted by Crippen LogP contribution is -2.04. The van der Waals surface area contributed by atoms with Crippen molar-refractivity contribution in [2.75, 3.05) is 6.54 Å². The van der Waals surface area contributed by atoms with Gasteiger partial charge in [-0.05, 0) is 55.1 Å². The van der Waals surface area contributed by atoms with E-state index in [0.717, 1.165) is 18.5 Å². The molecule has 0 aliphatic heterocycles. The fraction of sp³-hybridized carbons (Fsp3) is 0.357. The van der Waals surface area contributed by atoms with Gasteiger partial charge >= 0.3 is 0 Å². The Morgan fingerprint density at radius 1 is 1.31 bits per heavy atom. The molecule has 2 nitrogen and oxygen atoms in total. The van der Waals surface area contributed by atoms with Crippen molar-refractivity contribution in [1.29, 1.82) is 0 Å². The van der Waals surface area contributed by atoms with Crippen LogP contribution >= 0.6 is 0 Å². The van der Waals surface area contributed by atoms with E-state index < -0.39 is 0 Å². The van der Waals surface area contributed by atoms with Crippen LogP contribution in [0.2, 0.25) is 0 Å². The molecule has 0 bridgehead atoms. The topological polar surface area (TPSA) is 38.9 Å². The summed E-state index contributed by atoms with van der Waals surface area (Å²) in [7, 11) is 0. The average Bonchev–Trinajstić information content (AvgIpc) is 2.28. The second-order valence-corrected chi connectivity index (χ2v) is 4.44. The molecule has 2 rings (SSSR count). The number of nitrogens with zero attached hydrogens (tertiary/aromatic N) is 1. The van der Waals surface area contributed by atoms with Crippen LogP contribution in [0.15, 0.2) is 30.5 Å². The van der Waals surface area contributed by atoms with Gasteiger partial charge in [0, 0.05) is 11.6 Å². The third-order valence-electron chi connectivity index (χ3n) is 3.01. The molecule has 0 spiro atoms. The molecule has 1 heterocycles. The van der Waals surface area contributed by atoms with E-state index >= 15 is 0 Å². The first-order valence-electron chi connectivity index (χ1n) is 5.77. The Morgan fingerprint density at radius 3 is 2.88 bits per heavy atom. The number of aryl methyl sites for hydroxylation is 1. The first kappa shape index (κ1) is 11.1. The minimum absolute atomic E-state index is 0.523. The van der Waals surface area contributed by atoms with E-state index in [1.807, 2.05) is 6.20 Å². The van der Waals surface area contributed by atoms with Gasteiger partial charge in [0.05, 0.1) is 5.52 Å². The van der Waals surface area contributed by atoms with E-state index in [-0.39, 0.29) is 0 Å². The highest BCUT2D eigenvalue weighted by atomic mass is 14.6. The number of aromatic nitrogens is 1. The fourth-order valence-corrected chi connectivity index (χ4v) is 1.98. The molecule has 1 unspecified atom stereocenters. The van der Waals surface area contributed by atoms with E-state index in [9.17, 15) is 0 Å². The summed E-state index contributed by atoms with van der Waals surface area (Å²) in [5.74, 6) is 0.523. The minimum Gasteiger partial charge on any atom is -0.330 e. The SMILES string of the molecule is Cc1cnc2ccc(C(C)CCN)cc2c1. The number of fused-ring (bicyclic) bond motifs is 1. The number of pyridine rings is 1. The van der Waals surface area contributed by atoms with E-state index in [2.05, 4.69) is 43.1 Å². The summed E-state index contributed by atoms with van der Waals surface area (Å²) < 4.78 is 0. The molecule has 0 aliphatic carbocycles. The van der Waals surface area contributed by atoms with Gasteiger partial charge in [0.15, 0.2) is 0 Å². The van der Waals surface area contributed by atoms with Crippen LogP contribution in [-0.2, 0) is 0 Å². The Hall–Kier alpha value is -1.41. The number of hydrogen-bond acceptors (Lipinski definition) is 2. The first-order chi connectivity index (χ1) is 7.70. The number of nitrogens with two attached hydrogens (primary N) is 1. The second kappa shape index (κ2) is 4.62. The van der Waals surface area contributed by atoms with Crippen molar-refractivity contribution in [2.45, 2.75) is 26.2 Å². The predicted molar refractivity (Wildman–Crippen MR) is 68.6 cm³/mol. The Balaban J connectivity index is 2.42. The van der Waals surface area contributed by atoms with Crippen LogP contribution < -0.4 is 5.73 Å². The third kappa shape index (κ3) is 2.22. The summed E-state index contributed by atoms with van der Waals surface area (Å²) in [5, 5.41) is 1.22. The molecule has 1 atom stereocenters.